The van der Waals surface area contributed by atoms with E-state index < -0.39 is 0 Å². The molecule has 5 saturated heterocycles. The summed E-state index contributed by atoms with van der Waals surface area (Å²) in [4.78, 5) is 0. The van der Waals surface area contributed by atoms with Crippen molar-refractivity contribution in [2.45, 2.75) is 152 Å². The molecule has 0 radical (unpaired) electrons. The summed E-state index contributed by atoms with van der Waals surface area (Å²) >= 11 is 0. The zero-order valence-corrected chi connectivity index (χ0v) is 27.2. The Hall–Kier alpha value is 1.00. The Kier molecular flexibility index (Phi) is 8.83. The van der Waals surface area contributed by atoms with Crippen LogP contribution in [0.2, 0.25) is 0 Å². The third kappa shape index (κ3) is 5.25. The molecule has 9 rings (SSSR count). The Balaban J connectivity index is 0.00000256. The maximum atomic E-state index is 4.26. The summed E-state index contributed by atoms with van der Waals surface area (Å²) < 4.78 is 0. The summed E-state index contributed by atoms with van der Waals surface area (Å²) in [6.07, 6.45) is 25.6. The molecule has 232 valence electrons. The van der Waals surface area contributed by atoms with Crippen LogP contribution < -0.4 is 42.5 Å². The van der Waals surface area contributed by atoms with Crippen LogP contribution in [0.1, 0.15) is 103 Å². The van der Waals surface area contributed by atoms with Gasteiger partial charge in [0, 0.05) is 39.9 Å². The molecular weight excluding hydrogens is 654 g/mol. The number of hydrogen-bond donors (Lipinski definition) is 8. The van der Waals surface area contributed by atoms with E-state index in [-0.39, 0.29) is 39.9 Å². The van der Waals surface area contributed by atoms with Crippen molar-refractivity contribution in [3.63, 3.8) is 0 Å². The van der Waals surface area contributed by atoms with Gasteiger partial charge in [-0.25, -0.2) is 0 Å². The van der Waals surface area contributed by atoms with Gasteiger partial charge in [-0.2, -0.15) is 0 Å². The average Bonchev–Trinajstić information content (AvgIpc) is 3.73. The SMILES string of the molecule is C1CCC2C3NC(NC4NC(NC5NC(NC6NC(N3)C3CCCCC63)C3CCCCC53)C3CCCCC43)C2C1.[Gd]. The van der Waals surface area contributed by atoms with Gasteiger partial charge in [0.2, 0.25) is 0 Å². The molecule has 5 heterocycles. The van der Waals surface area contributed by atoms with Crippen LogP contribution in [-0.4, -0.2) is 49.3 Å². The van der Waals surface area contributed by atoms with E-state index in [0.717, 1.165) is 47.3 Å². The smallest absolute Gasteiger partial charge is 0.0628 e. The van der Waals surface area contributed by atoms with E-state index >= 15 is 0 Å². The van der Waals surface area contributed by atoms with Crippen LogP contribution in [0.5, 0.6) is 0 Å². The molecule has 0 aromatic carbocycles. The number of hydrogen-bond acceptors (Lipinski definition) is 8. The fourth-order valence-electron chi connectivity index (χ4n) is 12.0. The predicted octanol–water partition coefficient (Wildman–Crippen LogP) is 2.61. The first-order valence-corrected chi connectivity index (χ1v) is 17.9. The van der Waals surface area contributed by atoms with Gasteiger partial charge in [0.05, 0.1) is 49.3 Å². The molecule has 8 N–H and O–H groups in total. The van der Waals surface area contributed by atoms with Crippen molar-refractivity contribution in [1.82, 2.24) is 42.5 Å². The van der Waals surface area contributed by atoms with Gasteiger partial charge in [-0.3, -0.25) is 42.5 Å². The number of nitrogens with one attached hydrogen (secondary N) is 8. The van der Waals surface area contributed by atoms with E-state index in [1.165, 1.54) is 103 Å². The standard InChI is InChI=1S/C32H56N8.Gd/c1-2-10-18-17(9-1)25-33-26(18)38-28-21-13-5-6-14-22(21)30(35-28)40-32-24-16-8-7-15-23(24)31(36-32)39-29-20-12-4-3-11-19(20)27(34-29)37-25;/h17-40H,1-16H2;. The first-order chi connectivity index (χ1) is 19.8. The molecule has 41 heavy (non-hydrogen) atoms. The first kappa shape index (κ1) is 29.4. The molecular formula is C32H56GdN8. The van der Waals surface area contributed by atoms with Crippen molar-refractivity contribution in [2.24, 2.45) is 47.3 Å². The molecule has 8 bridgehead atoms. The van der Waals surface area contributed by atoms with Crippen LogP contribution in [-0.2, 0) is 0 Å². The maximum Gasteiger partial charge on any atom is 0.0628 e. The van der Waals surface area contributed by atoms with Crippen LogP contribution in [0.15, 0.2) is 0 Å². The van der Waals surface area contributed by atoms with Crippen molar-refractivity contribution in [2.75, 3.05) is 0 Å². The van der Waals surface area contributed by atoms with Crippen molar-refractivity contribution < 1.29 is 39.9 Å². The van der Waals surface area contributed by atoms with E-state index in [1.54, 1.807) is 0 Å². The Labute approximate surface area is 280 Å². The summed E-state index contributed by atoms with van der Waals surface area (Å²) in [5.41, 5.74) is 0. The predicted molar refractivity (Wildman–Crippen MR) is 157 cm³/mol. The maximum absolute atomic E-state index is 4.26. The minimum atomic E-state index is 0. The van der Waals surface area contributed by atoms with Crippen LogP contribution in [0, 0.1) is 87.3 Å². The van der Waals surface area contributed by atoms with Crippen LogP contribution in [0.4, 0.5) is 0 Å². The molecule has 9 heteroatoms. The second-order valence-corrected chi connectivity index (χ2v) is 15.6. The second kappa shape index (κ2) is 12.3. The van der Waals surface area contributed by atoms with Crippen LogP contribution in [0.25, 0.3) is 0 Å². The minimum Gasteiger partial charge on any atom is -0.286 e. The van der Waals surface area contributed by atoms with Gasteiger partial charge in [-0.15, -0.1) is 0 Å². The number of fused-ring (bicyclic) bond motifs is 20. The molecule has 0 aromatic rings. The fraction of sp³-hybridized carbons (Fsp3) is 1.00. The molecule has 9 fully saturated rings. The van der Waals surface area contributed by atoms with Crippen LogP contribution in [0.3, 0.4) is 0 Å². The Morgan fingerprint density at radius 2 is 0.341 bits per heavy atom. The number of rotatable bonds is 0. The molecule has 4 aliphatic carbocycles. The second-order valence-electron chi connectivity index (χ2n) is 15.6. The molecule has 0 aromatic heterocycles. The van der Waals surface area contributed by atoms with E-state index in [1.807, 2.05) is 0 Å². The Morgan fingerprint density at radius 3 is 0.463 bits per heavy atom. The molecule has 8 nitrogen and oxygen atoms in total. The molecule has 8 atom stereocenters. The minimum absolute atomic E-state index is 0. The monoisotopic (exact) mass is 710 g/mol. The van der Waals surface area contributed by atoms with E-state index in [4.69, 9.17) is 0 Å². The van der Waals surface area contributed by atoms with Gasteiger partial charge in [0.1, 0.15) is 0 Å². The summed E-state index contributed by atoms with van der Waals surface area (Å²) in [7, 11) is 0. The molecule has 4 saturated carbocycles. The Morgan fingerprint density at radius 1 is 0.220 bits per heavy atom. The summed E-state index contributed by atoms with van der Waals surface area (Å²) in [6, 6.07) is 0. The van der Waals surface area contributed by atoms with Crippen LogP contribution >= 0.6 is 0 Å². The van der Waals surface area contributed by atoms with Gasteiger partial charge in [-0.1, -0.05) is 51.4 Å². The van der Waals surface area contributed by atoms with E-state index in [0.29, 0.717) is 49.3 Å². The van der Waals surface area contributed by atoms with E-state index in [2.05, 4.69) is 42.5 Å². The largest absolute Gasteiger partial charge is 0.286 e. The van der Waals surface area contributed by atoms with Crippen molar-refractivity contribution >= 4 is 0 Å². The van der Waals surface area contributed by atoms with Gasteiger partial charge in [0.25, 0.3) is 0 Å². The van der Waals surface area contributed by atoms with Gasteiger partial charge in [-0.05, 0) is 98.7 Å². The van der Waals surface area contributed by atoms with E-state index in [9.17, 15) is 0 Å². The zero-order chi connectivity index (χ0) is 26.2. The molecule has 0 spiro atoms. The zero-order valence-electron chi connectivity index (χ0n) is 24.9. The summed E-state index contributed by atoms with van der Waals surface area (Å²) in [5, 5.41) is 33.8. The average molecular weight is 710 g/mol. The summed E-state index contributed by atoms with van der Waals surface area (Å²) in [6.45, 7) is 0. The Bertz CT molecular complexity index is 716. The third-order valence-corrected chi connectivity index (χ3v) is 13.8. The molecule has 0 amide bonds. The molecule has 9 aliphatic rings. The normalized spacial score (nSPS) is 56.2. The molecule has 5 aliphatic heterocycles. The first-order valence-electron chi connectivity index (χ1n) is 17.9. The topological polar surface area (TPSA) is 96.2 Å². The summed E-state index contributed by atoms with van der Waals surface area (Å²) in [5.74, 6) is 5.97. The van der Waals surface area contributed by atoms with Gasteiger partial charge >= 0.3 is 0 Å². The quantitative estimate of drug-likeness (QED) is 0.195. The third-order valence-electron chi connectivity index (χ3n) is 13.8. The van der Waals surface area contributed by atoms with Gasteiger partial charge < -0.3 is 0 Å². The van der Waals surface area contributed by atoms with Crippen molar-refractivity contribution in [3.8, 4) is 0 Å². The molecule has 8 unspecified atom stereocenters. The van der Waals surface area contributed by atoms with Crippen molar-refractivity contribution in [3.05, 3.63) is 0 Å². The fourth-order valence-corrected chi connectivity index (χ4v) is 12.0. The van der Waals surface area contributed by atoms with Gasteiger partial charge in [0.15, 0.2) is 0 Å². The van der Waals surface area contributed by atoms with Crippen molar-refractivity contribution in [1.29, 1.82) is 0 Å².